The molecule has 0 aliphatic rings. The van der Waals surface area contributed by atoms with Gasteiger partial charge in [-0.15, -0.1) is 0 Å². The zero-order chi connectivity index (χ0) is 12.7. The van der Waals surface area contributed by atoms with Crippen molar-refractivity contribution in [1.29, 1.82) is 0 Å². The van der Waals surface area contributed by atoms with Gasteiger partial charge >= 0.3 is 0 Å². The van der Waals surface area contributed by atoms with E-state index >= 15 is 0 Å². The third-order valence-corrected chi connectivity index (χ3v) is 2.60. The van der Waals surface area contributed by atoms with Crippen LogP contribution in [-0.2, 0) is 13.1 Å². The lowest BCUT2D eigenvalue weighted by molar-refractivity contribution is 0.447. The van der Waals surface area contributed by atoms with E-state index in [0.29, 0.717) is 0 Å². The summed E-state index contributed by atoms with van der Waals surface area (Å²) >= 11 is 0. The lowest BCUT2D eigenvalue weighted by Gasteiger charge is -2.15. The van der Waals surface area contributed by atoms with E-state index in [1.54, 1.807) is 0 Å². The Morgan fingerprint density at radius 2 is 1.47 bits per heavy atom. The van der Waals surface area contributed by atoms with Crippen LogP contribution in [-0.4, -0.2) is 23.9 Å². The molecular formula is C15H22N2. The van der Waals surface area contributed by atoms with Gasteiger partial charge in [-0.2, -0.15) is 0 Å². The second-order valence-corrected chi connectivity index (χ2v) is 4.31. The molecule has 0 N–H and O–H groups in total. The number of hydrogen-bond donors (Lipinski definition) is 0. The topological polar surface area (TPSA) is 6.48 Å². The molecule has 17 heavy (non-hydrogen) atoms. The van der Waals surface area contributed by atoms with Crippen molar-refractivity contribution >= 4 is 0 Å². The van der Waals surface area contributed by atoms with E-state index in [1.807, 2.05) is 26.2 Å². The highest BCUT2D eigenvalue weighted by atomic mass is 15.1. The zero-order valence-corrected chi connectivity index (χ0v) is 11.1. The maximum absolute atomic E-state index is 3.75. The Hall–Kier alpha value is -1.70. The van der Waals surface area contributed by atoms with E-state index < -0.39 is 0 Å². The summed E-state index contributed by atoms with van der Waals surface area (Å²) in [5.41, 5.74) is 2.64. The first kappa shape index (κ1) is 13.4. The van der Waals surface area contributed by atoms with Crippen LogP contribution in [0.15, 0.2) is 49.3 Å². The van der Waals surface area contributed by atoms with Crippen molar-refractivity contribution in [2.45, 2.75) is 20.0 Å². The number of benzene rings is 1. The van der Waals surface area contributed by atoms with Gasteiger partial charge in [0.2, 0.25) is 0 Å². The molecule has 0 bridgehead atoms. The molecule has 0 heterocycles. The van der Waals surface area contributed by atoms with Gasteiger partial charge in [-0.3, -0.25) is 0 Å². The van der Waals surface area contributed by atoms with Crippen molar-refractivity contribution in [3.8, 4) is 0 Å². The van der Waals surface area contributed by atoms with Crippen LogP contribution in [0.2, 0.25) is 0 Å². The molecule has 0 aliphatic heterocycles. The molecule has 1 rings (SSSR count). The minimum atomic E-state index is 0.911. The molecule has 2 nitrogen and oxygen atoms in total. The van der Waals surface area contributed by atoms with Gasteiger partial charge in [0.15, 0.2) is 0 Å². The maximum Gasteiger partial charge on any atom is 0.0420 e. The number of hydrogen-bond acceptors (Lipinski definition) is 2. The molecule has 0 unspecified atom stereocenters. The van der Waals surface area contributed by atoms with E-state index in [1.165, 1.54) is 11.1 Å². The van der Waals surface area contributed by atoms with Gasteiger partial charge in [0.25, 0.3) is 0 Å². The summed E-state index contributed by atoms with van der Waals surface area (Å²) in [6, 6.07) is 8.73. The molecule has 92 valence electrons. The average molecular weight is 230 g/mol. The second kappa shape index (κ2) is 6.79. The second-order valence-electron chi connectivity index (χ2n) is 4.31. The zero-order valence-electron chi connectivity index (χ0n) is 11.1. The van der Waals surface area contributed by atoms with Crippen molar-refractivity contribution in [2.24, 2.45) is 0 Å². The van der Waals surface area contributed by atoms with E-state index in [9.17, 15) is 0 Å². The average Bonchev–Trinajstić information content (AvgIpc) is 2.32. The van der Waals surface area contributed by atoms with Crippen LogP contribution in [0.1, 0.15) is 18.1 Å². The molecule has 0 amide bonds. The maximum atomic E-state index is 3.75. The number of rotatable bonds is 6. The van der Waals surface area contributed by atoms with Crippen LogP contribution in [0, 0.1) is 0 Å². The smallest absolute Gasteiger partial charge is 0.0420 e. The van der Waals surface area contributed by atoms with Crippen molar-refractivity contribution in [1.82, 2.24) is 9.80 Å². The van der Waals surface area contributed by atoms with Gasteiger partial charge in [0.05, 0.1) is 0 Å². The minimum Gasteiger partial charge on any atom is -0.377 e. The Bertz CT molecular complexity index is 365. The fourth-order valence-corrected chi connectivity index (χ4v) is 1.70. The first-order chi connectivity index (χ1) is 8.15. The van der Waals surface area contributed by atoms with Gasteiger partial charge in [-0.1, -0.05) is 36.9 Å². The molecule has 0 aliphatic carbocycles. The van der Waals surface area contributed by atoms with Gasteiger partial charge in [0.1, 0.15) is 0 Å². The van der Waals surface area contributed by atoms with Crippen LogP contribution < -0.4 is 0 Å². The van der Waals surface area contributed by atoms with Crippen molar-refractivity contribution in [3.05, 3.63) is 60.4 Å². The molecule has 0 radical (unpaired) electrons. The van der Waals surface area contributed by atoms with E-state index in [4.69, 9.17) is 0 Å². The van der Waals surface area contributed by atoms with E-state index in [2.05, 4.69) is 53.9 Å². The van der Waals surface area contributed by atoms with E-state index in [0.717, 1.165) is 13.1 Å². The Balaban J connectivity index is 2.58. The van der Waals surface area contributed by atoms with Gasteiger partial charge < -0.3 is 9.80 Å². The summed E-state index contributed by atoms with van der Waals surface area (Å²) in [5, 5.41) is 0. The molecule has 0 spiro atoms. The molecule has 0 atom stereocenters. The molecule has 0 saturated heterocycles. The highest BCUT2D eigenvalue weighted by Gasteiger charge is 1.98. The lowest BCUT2D eigenvalue weighted by Crippen LogP contribution is -2.11. The van der Waals surface area contributed by atoms with Crippen LogP contribution in [0.5, 0.6) is 0 Å². The molecule has 1 aromatic carbocycles. The van der Waals surface area contributed by atoms with Crippen molar-refractivity contribution < 1.29 is 0 Å². The van der Waals surface area contributed by atoms with Crippen LogP contribution in [0.3, 0.4) is 0 Å². The van der Waals surface area contributed by atoms with Crippen LogP contribution >= 0.6 is 0 Å². The normalized spacial score (nSPS) is 10.5. The highest BCUT2D eigenvalue weighted by molar-refractivity contribution is 5.22. The van der Waals surface area contributed by atoms with E-state index in [-0.39, 0.29) is 0 Å². The summed E-state index contributed by atoms with van der Waals surface area (Å²) in [4.78, 5) is 4.24. The number of allylic oxidation sites excluding steroid dienone is 1. The monoisotopic (exact) mass is 230 g/mol. The predicted molar refractivity (Wildman–Crippen MR) is 74.4 cm³/mol. The number of nitrogens with zero attached hydrogens (tertiary/aromatic N) is 2. The quantitative estimate of drug-likeness (QED) is 0.740. The molecule has 2 heteroatoms. The SMILES string of the molecule is C=CN(C)Cc1ccc(CN(C)/C=C\C)cc1. The first-order valence-electron chi connectivity index (χ1n) is 5.89. The van der Waals surface area contributed by atoms with Crippen molar-refractivity contribution in [2.75, 3.05) is 14.1 Å². The molecule has 0 fully saturated rings. The van der Waals surface area contributed by atoms with Crippen LogP contribution in [0.4, 0.5) is 0 Å². The Labute approximate surface area is 105 Å². The highest BCUT2D eigenvalue weighted by Crippen LogP contribution is 2.08. The minimum absolute atomic E-state index is 0.911. The van der Waals surface area contributed by atoms with Crippen LogP contribution in [0.25, 0.3) is 0 Å². The lowest BCUT2D eigenvalue weighted by atomic mass is 10.1. The summed E-state index contributed by atoms with van der Waals surface area (Å²) in [6.45, 7) is 7.64. The molecular weight excluding hydrogens is 208 g/mol. The predicted octanol–water partition coefficient (Wildman–Crippen LogP) is 3.23. The third kappa shape index (κ3) is 4.77. The van der Waals surface area contributed by atoms with Gasteiger partial charge in [-0.25, -0.2) is 0 Å². The standard InChI is InChI=1S/C15H22N2/c1-5-11-17(4)13-15-9-7-14(8-10-15)12-16(3)6-2/h5-11H,2,12-13H2,1,3-4H3/b11-5-. The Morgan fingerprint density at radius 1 is 1.00 bits per heavy atom. The van der Waals surface area contributed by atoms with Crippen molar-refractivity contribution in [3.63, 3.8) is 0 Å². The molecule has 0 aromatic heterocycles. The third-order valence-electron chi connectivity index (χ3n) is 2.60. The first-order valence-corrected chi connectivity index (χ1v) is 5.89. The Kier molecular flexibility index (Phi) is 5.34. The van der Waals surface area contributed by atoms with Gasteiger partial charge in [-0.05, 0) is 30.5 Å². The fraction of sp³-hybridized carbons (Fsp3) is 0.333. The summed E-state index contributed by atoms with van der Waals surface area (Å²) in [6.07, 6.45) is 5.97. The largest absolute Gasteiger partial charge is 0.377 e. The summed E-state index contributed by atoms with van der Waals surface area (Å²) in [5.74, 6) is 0. The fourth-order valence-electron chi connectivity index (χ4n) is 1.70. The summed E-state index contributed by atoms with van der Waals surface area (Å²) < 4.78 is 0. The molecule has 0 saturated carbocycles. The van der Waals surface area contributed by atoms with Gasteiger partial charge in [0, 0.05) is 27.2 Å². The molecule has 1 aromatic rings. The summed E-state index contributed by atoms with van der Waals surface area (Å²) in [7, 11) is 4.11. The Morgan fingerprint density at radius 3 is 1.88 bits per heavy atom.